The van der Waals surface area contributed by atoms with Gasteiger partial charge in [0, 0.05) is 20.1 Å². The Morgan fingerprint density at radius 3 is 2.47 bits per heavy atom. The first-order valence-corrected chi connectivity index (χ1v) is 7.03. The van der Waals surface area contributed by atoms with E-state index in [2.05, 4.69) is 36.5 Å². The molecule has 1 amide bonds. The van der Waals surface area contributed by atoms with Gasteiger partial charge in [-0.2, -0.15) is 0 Å². The molecule has 1 aliphatic rings. The lowest BCUT2D eigenvalue weighted by Crippen LogP contribution is -2.43. The molecular weight excluding hydrogens is 236 g/mol. The molecule has 1 aromatic rings. The van der Waals surface area contributed by atoms with Crippen LogP contribution in [0.15, 0.2) is 24.3 Å². The number of rotatable bonds is 5. The number of hydrogen-bond acceptors (Lipinski definition) is 2. The first-order chi connectivity index (χ1) is 9.00. The minimum Gasteiger partial charge on any atom is -0.347 e. The predicted molar refractivity (Wildman–Crippen MR) is 77.9 cm³/mol. The van der Waals surface area contributed by atoms with Crippen LogP contribution in [0.1, 0.15) is 36.9 Å². The van der Waals surface area contributed by atoms with Crippen LogP contribution < -0.4 is 5.32 Å². The summed E-state index contributed by atoms with van der Waals surface area (Å²) in [5, 5.41) is 3.53. The second kappa shape index (κ2) is 5.74. The molecule has 0 bridgehead atoms. The smallest absolute Gasteiger partial charge is 0.238 e. The minimum atomic E-state index is -0.139. The average molecular weight is 260 g/mol. The quantitative estimate of drug-likeness (QED) is 0.882. The molecule has 3 heteroatoms. The van der Waals surface area contributed by atoms with Crippen molar-refractivity contribution in [3.8, 4) is 0 Å². The van der Waals surface area contributed by atoms with Gasteiger partial charge >= 0.3 is 0 Å². The number of likely N-dealkylation sites (N-methyl/N-ethyl adjacent to an activating group) is 1. The molecule has 1 aliphatic carbocycles. The minimum absolute atomic E-state index is 0.138. The number of carbonyl (C=O) groups excluding carboxylic acids is 1. The fourth-order valence-electron chi connectivity index (χ4n) is 2.57. The Bertz CT molecular complexity index is 452. The molecule has 1 saturated carbocycles. The van der Waals surface area contributed by atoms with E-state index < -0.39 is 0 Å². The Morgan fingerprint density at radius 1 is 1.32 bits per heavy atom. The van der Waals surface area contributed by atoms with Crippen molar-refractivity contribution in [3.63, 3.8) is 0 Å². The van der Waals surface area contributed by atoms with Gasteiger partial charge in [-0.3, -0.25) is 10.1 Å². The maximum Gasteiger partial charge on any atom is 0.238 e. The molecule has 2 rings (SSSR count). The Hall–Kier alpha value is -1.35. The zero-order chi connectivity index (χ0) is 14.0. The molecule has 3 nitrogen and oxygen atoms in total. The Morgan fingerprint density at radius 2 is 1.95 bits per heavy atom. The lowest BCUT2D eigenvalue weighted by molar-refractivity contribution is -0.130. The topological polar surface area (TPSA) is 32.3 Å². The van der Waals surface area contributed by atoms with Crippen LogP contribution in [-0.4, -0.2) is 30.9 Å². The molecule has 2 atom stereocenters. The SMILES string of the molecule is Cc1ccccc1[C@@H](N[C@@H](C)C(=O)N(C)C)C1CC1. The van der Waals surface area contributed by atoms with Crippen molar-refractivity contribution in [2.45, 2.75) is 38.8 Å². The molecule has 104 valence electrons. The van der Waals surface area contributed by atoms with E-state index in [0.29, 0.717) is 12.0 Å². The van der Waals surface area contributed by atoms with Crippen molar-refractivity contribution in [1.82, 2.24) is 10.2 Å². The first-order valence-electron chi connectivity index (χ1n) is 7.03. The summed E-state index contributed by atoms with van der Waals surface area (Å²) < 4.78 is 0. The Balaban J connectivity index is 2.14. The number of aryl methyl sites for hydroxylation is 1. The van der Waals surface area contributed by atoms with Crippen molar-refractivity contribution in [2.24, 2.45) is 5.92 Å². The number of carbonyl (C=O) groups is 1. The third-order valence-corrected chi connectivity index (χ3v) is 3.86. The van der Waals surface area contributed by atoms with Gasteiger partial charge in [-0.25, -0.2) is 0 Å². The summed E-state index contributed by atoms with van der Waals surface area (Å²) in [6, 6.07) is 8.64. The summed E-state index contributed by atoms with van der Waals surface area (Å²) in [5.74, 6) is 0.817. The summed E-state index contributed by atoms with van der Waals surface area (Å²) in [5.41, 5.74) is 2.64. The van der Waals surface area contributed by atoms with Gasteiger partial charge in [0.05, 0.1) is 6.04 Å². The van der Waals surface area contributed by atoms with E-state index in [4.69, 9.17) is 0 Å². The summed E-state index contributed by atoms with van der Waals surface area (Å²) in [7, 11) is 3.61. The van der Waals surface area contributed by atoms with Gasteiger partial charge in [-0.1, -0.05) is 24.3 Å². The molecule has 0 aromatic heterocycles. The molecule has 19 heavy (non-hydrogen) atoms. The van der Waals surface area contributed by atoms with Crippen LogP contribution in [0.25, 0.3) is 0 Å². The van der Waals surface area contributed by atoms with Gasteiger partial charge in [-0.15, -0.1) is 0 Å². The average Bonchev–Trinajstić information content (AvgIpc) is 3.20. The number of hydrogen-bond donors (Lipinski definition) is 1. The van der Waals surface area contributed by atoms with Gasteiger partial charge in [0.1, 0.15) is 0 Å². The molecule has 0 heterocycles. The van der Waals surface area contributed by atoms with Crippen molar-refractivity contribution in [3.05, 3.63) is 35.4 Å². The molecule has 0 spiro atoms. The number of nitrogens with one attached hydrogen (secondary N) is 1. The van der Waals surface area contributed by atoms with Crippen molar-refractivity contribution in [2.75, 3.05) is 14.1 Å². The standard InChI is InChI=1S/C16H24N2O/c1-11-7-5-6-8-14(11)15(13-9-10-13)17-12(2)16(19)18(3)4/h5-8,12-13,15,17H,9-10H2,1-4H3/t12-,15-/m0/s1. The van der Waals surface area contributed by atoms with Crippen molar-refractivity contribution in [1.29, 1.82) is 0 Å². The molecule has 1 fully saturated rings. The van der Waals surface area contributed by atoms with E-state index in [-0.39, 0.29) is 11.9 Å². The summed E-state index contributed by atoms with van der Waals surface area (Å²) >= 11 is 0. The zero-order valence-corrected chi connectivity index (χ0v) is 12.3. The second-order valence-electron chi connectivity index (χ2n) is 5.79. The van der Waals surface area contributed by atoms with E-state index in [1.54, 1.807) is 19.0 Å². The predicted octanol–water partition coefficient (Wildman–Crippen LogP) is 2.51. The van der Waals surface area contributed by atoms with Gasteiger partial charge in [-0.05, 0) is 43.7 Å². The van der Waals surface area contributed by atoms with Crippen molar-refractivity contribution < 1.29 is 4.79 Å². The monoisotopic (exact) mass is 260 g/mol. The highest BCUT2D eigenvalue weighted by Gasteiger charge is 2.34. The zero-order valence-electron chi connectivity index (χ0n) is 12.3. The highest BCUT2D eigenvalue weighted by Crippen LogP contribution is 2.42. The van der Waals surface area contributed by atoms with Crippen LogP contribution in [0.4, 0.5) is 0 Å². The van der Waals surface area contributed by atoms with Crippen LogP contribution in [-0.2, 0) is 4.79 Å². The van der Waals surface area contributed by atoms with Gasteiger partial charge in [0.25, 0.3) is 0 Å². The summed E-state index contributed by atoms with van der Waals surface area (Å²) in [4.78, 5) is 13.7. The number of amides is 1. The third-order valence-electron chi connectivity index (χ3n) is 3.86. The maximum atomic E-state index is 12.0. The second-order valence-corrected chi connectivity index (χ2v) is 5.79. The fourth-order valence-corrected chi connectivity index (χ4v) is 2.57. The molecular formula is C16H24N2O. The molecule has 0 unspecified atom stereocenters. The van der Waals surface area contributed by atoms with Gasteiger partial charge in [0.2, 0.25) is 5.91 Å². The summed E-state index contributed by atoms with van der Waals surface area (Å²) in [6.07, 6.45) is 2.52. The Labute approximate surface area is 116 Å². The summed E-state index contributed by atoms with van der Waals surface area (Å²) in [6.45, 7) is 4.10. The number of nitrogens with zero attached hydrogens (tertiary/aromatic N) is 1. The van der Waals surface area contributed by atoms with E-state index in [1.165, 1.54) is 24.0 Å². The first kappa shape index (κ1) is 14.1. The molecule has 0 aliphatic heterocycles. The van der Waals surface area contributed by atoms with Crippen molar-refractivity contribution >= 4 is 5.91 Å². The largest absolute Gasteiger partial charge is 0.347 e. The molecule has 0 saturated heterocycles. The lowest BCUT2D eigenvalue weighted by Gasteiger charge is -2.26. The van der Waals surface area contributed by atoms with E-state index >= 15 is 0 Å². The molecule has 0 radical (unpaired) electrons. The highest BCUT2D eigenvalue weighted by molar-refractivity contribution is 5.81. The maximum absolute atomic E-state index is 12.0. The van der Waals surface area contributed by atoms with E-state index in [9.17, 15) is 4.79 Å². The normalized spacial score (nSPS) is 17.9. The van der Waals surface area contributed by atoms with E-state index in [1.807, 2.05) is 6.92 Å². The lowest BCUT2D eigenvalue weighted by atomic mass is 9.97. The fraction of sp³-hybridized carbons (Fsp3) is 0.562. The van der Waals surface area contributed by atoms with Crippen LogP contribution in [0.5, 0.6) is 0 Å². The molecule has 1 aromatic carbocycles. The molecule has 1 N–H and O–H groups in total. The number of benzene rings is 1. The Kier molecular flexibility index (Phi) is 4.25. The van der Waals surface area contributed by atoms with E-state index in [0.717, 1.165) is 0 Å². The third kappa shape index (κ3) is 3.35. The van der Waals surface area contributed by atoms with Crippen LogP contribution in [0.3, 0.4) is 0 Å². The van der Waals surface area contributed by atoms with Crippen LogP contribution >= 0.6 is 0 Å². The van der Waals surface area contributed by atoms with Gasteiger partial charge < -0.3 is 4.90 Å². The van der Waals surface area contributed by atoms with Gasteiger partial charge in [0.15, 0.2) is 0 Å². The highest BCUT2D eigenvalue weighted by atomic mass is 16.2. The van der Waals surface area contributed by atoms with Crippen LogP contribution in [0.2, 0.25) is 0 Å². The van der Waals surface area contributed by atoms with Crippen LogP contribution in [0, 0.1) is 12.8 Å².